The van der Waals surface area contributed by atoms with Crippen molar-refractivity contribution in [1.29, 1.82) is 0 Å². The third-order valence-corrected chi connectivity index (χ3v) is 5.13. The average molecular weight is 282 g/mol. The highest BCUT2D eigenvalue weighted by molar-refractivity contribution is 5.79. The highest BCUT2D eigenvalue weighted by Gasteiger charge is 2.41. The molecular formula is C15H26N2O3. The minimum atomic E-state index is -0.778. The van der Waals surface area contributed by atoms with Crippen LogP contribution in [0.3, 0.4) is 0 Å². The number of aliphatic carboxylic acids is 1. The normalized spacial score (nSPS) is 31.4. The molecule has 1 aliphatic carbocycles. The second-order valence-corrected chi connectivity index (χ2v) is 6.92. The van der Waals surface area contributed by atoms with Gasteiger partial charge in [0.1, 0.15) is 0 Å². The number of carboxylic acid groups (broad SMARTS) is 1. The largest absolute Gasteiger partial charge is 0.481 e. The molecule has 1 saturated carbocycles. The molecule has 0 aromatic carbocycles. The van der Waals surface area contributed by atoms with Gasteiger partial charge < -0.3 is 15.7 Å². The summed E-state index contributed by atoms with van der Waals surface area (Å²) in [6.45, 7) is 4.86. The van der Waals surface area contributed by atoms with E-state index in [1.165, 1.54) is 0 Å². The van der Waals surface area contributed by atoms with Crippen molar-refractivity contribution in [2.75, 3.05) is 13.1 Å². The standard InChI is InChI=1S/C15H26N2O3/c1-15(2,14(19)20)11-4-3-7-17(9-11)13(18)10-5-6-12(16)8-10/h10-12H,3-9,16H2,1-2H3,(H,19,20). The number of nitrogens with two attached hydrogens (primary N) is 1. The minimum absolute atomic E-state index is 0.0350. The van der Waals surface area contributed by atoms with Crippen molar-refractivity contribution in [3.63, 3.8) is 0 Å². The van der Waals surface area contributed by atoms with Crippen LogP contribution in [-0.4, -0.2) is 41.0 Å². The van der Waals surface area contributed by atoms with E-state index in [-0.39, 0.29) is 23.8 Å². The first kappa shape index (κ1) is 15.3. The van der Waals surface area contributed by atoms with Crippen molar-refractivity contribution < 1.29 is 14.7 Å². The van der Waals surface area contributed by atoms with E-state index in [1.54, 1.807) is 13.8 Å². The molecule has 3 atom stereocenters. The Morgan fingerprint density at radius 3 is 2.50 bits per heavy atom. The van der Waals surface area contributed by atoms with E-state index in [0.717, 1.165) is 38.6 Å². The third-order valence-electron chi connectivity index (χ3n) is 5.13. The van der Waals surface area contributed by atoms with Crippen LogP contribution in [0.1, 0.15) is 46.0 Å². The summed E-state index contributed by atoms with van der Waals surface area (Å²) in [5.74, 6) is -0.506. The average Bonchev–Trinajstić information content (AvgIpc) is 2.84. The lowest BCUT2D eigenvalue weighted by Crippen LogP contribution is -2.48. The number of nitrogens with zero attached hydrogens (tertiary/aromatic N) is 1. The van der Waals surface area contributed by atoms with Gasteiger partial charge in [-0.3, -0.25) is 9.59 Å². The number of carboxylic acids is 1. The lowest BCUT2D eigenvalue weighted by Gasteiger charge is -2.40. The van der Waals surface area contributed by atoms with E-state index < -0.39 is 11.4 Å². The van der Waals surface area contributed by atoms with Crippen LogP contribution in [-0.2, 0) is 9.59 Å². The van der Waals surface area contributed by atoms with Crippen LogP contribution in [0.15, 0.2) is 0 Å². The van der Waals surface area contributed by atoms with Crippen LogP contribution in [0.5, 0.6) is 0 Å². The zero-order valence-electron chi connectivity index (χ0n) is 12.5. The van der Waals surface area contributed by atoms with Crippen LogP contribution < -0.4 is 5.73 Å². The van der Waals surface area contributed by atoms with Crippen molar-refractivity contribution in [1.82, 2.24) is 4.90 Å². The highest BCUT2D eigenvalue weighted by atomic mass is 16.4. The Bertz CT molecular complexity index is 395. The van der Waals surface area contributed by atoms with Gasteiger partial charge in [0.05, 0.1) is 5.41 Å². The molecule has 5 heteroatoms. The van der Waals surface area contributed by atoms with Crippen molar-refractivity contribution in [3.8, 4) is 0 Å². The summed E-state index contributed by atoms with van der Waals surface area (Å²) in [5, 5.41) is 9.34. The van der Waals surface area contributed by atoms with Crippen molar-refractivity contribution in [3.05, 3.63) is 0 Å². The Balaban J connectivity index is 2.00. The Hall–Kier alpha value is -1.10. The molecule has 2 fully saturated rings. The SMILES string of the molecule is CC(C)(C(=O)O)C1CCCN(C(=O)C2CCC(N)C2)C1. The molecule has 3 unspecified atom stereocenters. The predicted octanol–water partition coefficient (Wildman–Crippen LogP) is 1.46. The Morgan fingerprint density at radius 2 is 1.95 bits per heavy atom. The van der Waals surface area contributed by atoms with E-state index in [1.807, 2.05) is 4.90 Å². The number of likely N-dealkylation sites (tertiary alicyclic amines) is 1. The predicted molar refractivity (Wildman–Crippen MR) is 76.0 cm³/mol. The molecule has 1 aliphatic heterocycles. The fourth-order valence-corrected chi connectivity index (χ4v) is 3.44. The maximum atomic E-state index is 12.5. The summed E-state index contributed by atoms with van der Waals surface area (Å²) in [6.07, 6.45) is 4.36. The molecule has 1 saturated heterocycles. The number of amides is 1. The molecule has 0 radical (unpaired) electrons. The number of rotatable bonds is 3. The van der Waals surface area contributed by atoms with Crippen LogP contribution in [0.25, 0.3) is 0 Å². The first-order valence-corrected chi connectivity index (χ1v) is 7.60. The number of carbonyl (C=O) groups is 2. The molecule has 5 nitrogen and oxygen atoms in total. The van der Waals surface area contributed by atoms with Gasteiger partial charge >= 0.3 is 5.97 Å². The lowest BCUT2D eigenvalue weighted by atomic mass is 9.74. The fourth-order valence-electron chi connectivity index (χ4n) is 3.44. The molecule has 20 heavy (non-hydrogen) atoms. The minimum Gasteiger partial charge on any atom is -0.481 e. The van der Waals surface area contributed by atoms with E-state index in [2.05, 4.69) is 0 Å². The maximum Gasteiger partial charge on any atom is 0.309 e. The van der Waals surface area contributed by atoms with Gasteiger partial charge in [0.25, 0.3) is 0 Å². The zero-order chi connectivity index (χ0) is 14.9. The van der Waals surface area contributed by atoms with Gasteiger partial charge in [-0.25, -0.2) is 0 Å². The Kier molecular flexibility index (Phi) is 4.37. The topological polar surface area (TPSA) is 83.6 Å². The number of carbonyl (C=O) groups excluding carboxylic acids is 1. The summed E-state index contributed by atoms with van der Waals surface area (Å²) >= 11 is 0. The summed E-state index contributed by atoms with van der Waals surface area (Å²) < 4.78 is 0. The molecule has 3 N–H and O–H groups in total. The summed E-state index contributed by atoms with van der Waals surface area (Å²) in [6, 6.07) is 0.153. The lowest BCUT2D eigenvalue weighted by molar-refractivity contribution is -0.153. The van der Waals surface area contributed by atoms with Gasteiger partial charge in [0.15, 0.2) is 0 Å². The molecule has 0 aromatic rings. The Labute approximate surface area is 120 Å². The molecule has 1 heterocycles. The summed E-state index contributed by atoms with van der Waals surface area (Å²) in [5.41, 5.74) is 5.11. The zero-order valence-corrected chi connectivity index (χ0v) is 12.5. The van der Waals surface area contributed by atoms with Crippen molar-refractivity contribution >= 4 is 11.9 Å². The first-order chi connectivity index (χ1) is 9.32. The molecule has 2 aliphatic rings. The number of piperidine rings is 1. The van der Waals surface area contributed by atoms with Crippen LogP contribution in [0, 0.1) is 17.3 Å². The Morgan fingerprint density at radius 1 is 1.25 bits per heavy atom. The van der Waals surface area contributed by atoms with Crippen molar-refractivity contribution in [2.24, 2.45) is 23.0 Å². The van der Waals surface area contributed by atoms with E-state index in [0.29, 0.717) is 6.54 Å². The van der Waals surface area contributed by atoms with Gasteiger partial charge in [-0.15, -0.1) is 0 Å². The van der Waals surface area contributed by atoms with Gasteiger partial charge in [-0.05, 0) is 51.9 Å². The number of hydrogen-bond donors (Lipinski definition) is 2. The quantitative estimate of drug-likeness (QED) is 0.821. The smallest absolute Gasteiger partial charge is 0.309 e. The molecule has 0 aromatic heterocycles. The van der Waals surface area contributed by atoms with E-state index in [4.69, 9.17) is 5.73 Å². The first-order valence-electron chi connectivity index (χ1n) is 7.60. The second-order valence-electron chi connectivity index (χ2n) is 6.92. The third kappa shape index (κ3) is 2.97. The summed E-state index contributed by atoms with van der Waals surface area (Å²) in [7, 11) is 0. The molecular weight excluding hydrogens is 256 g/mol. The van der Waals surface area contributed by atoms with Gasteiger partial charge in [0, 0.05) is 25.0 Å². The molecule has 0 spiro atoms. The van der Waals surface area contributed by atoms with Gasteiger partial charge in [-0.1, -0.05) is 0 Å². The molecule has 0 bridgehead atoms. The molecule has 2 rings (SSSR count). The molecule has 1 amide bonds. The highest BCUT2D eigenvalue weighted by Crippen LogP contribution is 2.35. The van der Waals surface area contributed by atoms with Gasteiger partial charge in [0.2, 0.25) is 5.91 Å². The number of hydrogen-bond acceptors (Lipinski definition) is 3. The molecule has 114 valence electrons. The monoisotopic (exact) mass is 282 g/mol. The van der Waals surface area contributed by atoms with Crippen molar-refractivity contribution in [2.45, 2.75) is 52.0 Å². The summed E-state index contributed by atoms with van der Waals surface area (Å²) in [4.78, 5) is 25.8. The van der Waals surface area contributed by atoms with Gasteiger partial charge in [-0.2, -0.15) is 0 Å². The fraction of sp³-hybridized carbons (Fsp3) is 0.867. The van der Waals surface area contributed by atoms with Crippen LogP contribution >= 0.6 is 0 Å². The van der Waals surface area contributed by atoms with Crippen LogP contribution in [0.2, 0.25) is 0 Å². The van der Waals surface area contributed by atoms with E-state index >= 15 is 0 Å². The van der Waals surface area contributed by atoms with E-state index in [9.17, 15) is 14.7 Å². The maximum absolute atomic E-state index is 12.5. The van der Waals surface area contributed by atoms with Crippen LogP contribution in [0.4, 0.5) is 0 Å². The second kappa shape index (κ2) is 5.72.